The number of carboxylic acids is 2. The zero-order valence-electron chi connectivity index (χ0n) is 13.2. The van der Waals surface area contributed by atoms with E-state index in [2.05, 4.69) is 10.3 Å². The Morgan fingerprint density at radius 2 is 1.69 bits per heavy atom. The third-order valence-corrected chi connectivity index (χ3v) is 4.34. The minimum absolute atomic E-state index is 0.107. The summed E-state index contributed by atoms with van der Waals surface area (Å²) in [6, 6.07) is 12.2. The summed E-state index contributed by atoms with van der Waals surface area (Å²) in [4.78, 5) is 38.6. The first-order valence-corrected chi connectivity index (χ1v) is 8.20. The molecule has 1 saturated heterocycles. The Balaban J connectivity index is 1.80. The lowest BCUT2D eigenvalue weighted by molar-refractivity contribution is -0.115. The highest BCUT2D eigenvalue weighted by Crippen LogP contribution is 2.28. The number of carbonyl (C=O) groups is 3. The summed E-state index contributed by atoms with van der Waals surface area (Å²) in [5.41, 5.74) is 1.37. The van der Waals surface area contributed by atoms with Crippen LogP contribution in [-0.4, -0.2) is 33.2 Å². The molecular formula is C18H12N2O5S. The van der Waals surface area contributed by atoms with Gasteiger partial charge in [0.25, 0.3) is 5.91 Å². The minimum Gasteiger partial charge on any atom is -0.478 e. The van der Waals surface area contributed by atoms with Gasteiger partial charge in [-0.2, -0.15) is 0 Å². The van der Waals surface area contributed by atoms with Gasteiger partial charge < -0.3 is 15.5 Å². The number of nitrogens with one attached hydrogen (secondary N) is 1. The molecule has 0 aromatic heterocycles. The van der Waals surface area contributed by atoms with Crippen LogP contribution >= 0.6 is 11.8 Å². The third-order valence-electron chi connectivity index (χ3n) is 3.43. The van der Waals surface area contributed by atoms with Crippen LogP contribution in [0.1, 0.15) is 26.3 Å². The van der Waals surface area contributed by atoms with Crippen LogP contribution in [0.3, 0.4) is 0 Å². The predicted octanol–water partition coefficient (Wildman–Crippen LogP) is 2.97. The van der Waals surface area contributed by atoms with Crippen molar-refractivity contribution in [3.63, 3.8) is 0 Å². The Morgan fingerprint density at radius 3 is 2.35 bits per heavy atom. The van der Waals surface area contributed by atoms with Crippen molar-refractivity contribution in [3.8, 4) is 0 Å². The SMILES string of the molecule is O=C1NC(=Nc2cccc(C(=O)O)c2)S/C1=C\c1ccc(C(=O)O)cc1. The maximum Gasteiger partial charge on any atom is 0.335 e. The summed E-state index contributed by atoms with van der Waals surface area (Å²) < 4.78 is 0. The van der Waals surface area contributed by atoms with Gasteiger partial charge in [0.15, 0.2) is 5.17 Å². The highest BCUT2D eigenvalue weighted by molar-refractivity contribution is 8.18. The summed E-state index contributed by atoms with van der Waals surface area (Å²) in [6.07, 6.45) is 1.63. The van der Waals surface area contributed by atoms with Crippen LogP contribution in [0.15, 0.2) is 58.4 Å². The summed E-state index contributed by atoms with van der Waals surface area (Å²) >= 11 is 1.12. The Kier molecular flexibility index (Phi) is 4.85. The molecule has 130 valence electrons. The lowest BCUT2D eigenvalue weighted by Gasteiger charge is -1.98. The molecule has 0 radical (unpaired) electrons. The van der Waals surface area contributed by atoms with Crippen molar-refractivity contribution >= 4 is 46.5 Å². The van der Waals surface area contributed by atoms with Gasteiger partial charge >= 0.3 is 11.9 Å². The average Bonchev–Trinajstić information content (AvgIpc) is 2.94. The molecule has 26 heavy (non-hydrogen) atoms. The molecule has 0 spiro atoms. The molecule has 3 rings (SSSR count). The molecule has 0 bridgehead atoms. The van der Waals surface area contributed by atoms with Gasteiger partial charge in [0.05, 0.1) is 21.7 Å². The fourth-order valence-electron chi connectivity index (χ4n) is 2.18. The number of thioether (sulfide) groups is 1. The van der Waals surface area contributed by atoms with Crippen LogP contribution < -0.4 is 5.32 Å². The molecule has 0 saturated carbocycles. The first-order valence-electron chi connectivity index (χ1n) is 7.39. The molecule has 7 nitrogen and oxygen atoms in total. The number of carboxylic acid groups (broad SMARTS) is 2. The fourth-order valence-corrected chi connectivity index (χ4v) is 3.02. The smallest absolute Gasteiger partial charge is 0.335 e. The Hall–Kier alpha value is -3.39. The molecule has 0 aliphatic carbocycles. The van der Waals surface area contributed by atoms with Gasteiger partial charge in [-0.05, 0) is 53.7 Å². The Morgan fingerprint density at radius 1 is 1.00 bits per heavy atom. The molecule has 1 amide bonds. The maximum absolute atomic E-state index is 12.1. The first kappa shape index (κ1) is 17.4. The molecule has 0 unspecified atom stereocenters. The fraction of sp³-hybridized carbons (Fsp3) is 0. The average molecular weight is 368 g/mol. The van der Waals surface area contributed by atoms with Crippen LogP contribution in [0.2, 0.25) is 0 Å². The van der Waals surface area contributed by atoms with E-state index >= 15 is 0 Å². The molecule has 8 heteroatoms. The number of nitrogens with zero attached hydrogens (tertiary/aromatic N) is 1. The van der Waals surface area contributed by atoms with Crippen LogP contribution in [0.5, 0.6) is 0 Å². The number of aromatic carboxylic acids is 2. The lowest BCUT2D eigenvalue weighted by Crippen LogP contribution is -2.19. The number of aliphatic imine (C=N–C) groups is 1. The minimum atomic E-state index is -1.06. The van der Waals surface area contributed by atoms with Crippen molar-refractivity contribution in [3.05, 3.63) is 70.1 Å². The number of amides is 1. The van der Waals surface area contributed by atoms with Crippen molar-refractivity contribution < 1.29 is 24.6 Å². The number of benzene rings is 2. The van der Waals surface area contributed by atoms with Crippen molar-refractivity contribution in [2.75, 3.05) is 0 Å². The highest BCUT2D eigenvalue weighted by Gasteiger charge is 2.23. The van der Waals surface area contributed by atoms with Crippen LogP contribution in [0.4, 0.5) is 5.69 Å². The monoisotopic (exact) mass is 368 g/mol. The molecule has 1 fully saturated rings. The molecule has 2 aromatic rings. The van der Waals surface area contributed by atoms with Crippen LogP contribution in [-0.2, 0) is 4.79 Å². The molecule has 0 atom stereocenters. The van der Waals surface area contributed by atoms with E-state index in [9.17, 15) is 14.4 Å². The second kappa shape index (κ2) is 7.24. The topological polar surface area (TPSA) is 116 Å². The first-order chi connectivity index (χ1) is 12.4. The van der Waals surface area contributed by atoms with E-state index in [4.69, 9.17) is 10.2 Å². The zero-order valence-corrected chi connectivity index (χ0v) is 14.0. The quantitative estimate of drug-likeness (QED) is 0.715. The van der Waals surface area contributed by atoms with Gasteiger partial charge in [0, 0.05) is 0 Å². The van der Waals surface area contributed by atoms with Gasteiger partial charge in [0.1, 0.15) is 0 Å². The molecular weight excluding hydrogens is 356 g/mol. The molecule has 1 aliphatic heterocycles. The van der Waals surface area contributed by atoms with Crippen molar-refractivity contribution in [1.82, 2.24) is 5.32 Å². The van der Waals surface area contributed by atoms with Crippen molar-refractivity contribution in [2.45, 2.75) is 0 Å². The van der Waals surface area contributed by atoms with Gasteiger partial charge in [-0.15, -0.1) is 0 Å². The largest absolute Gasteiger partial charge is 0.478 e. The third kappa shape index (κ3) is 3.98. The normalized spacial score (nSPS) is 16.7. The number of hydrogen-bond acceptors (Lipinski definition) is 5. The van der Waals surface area contributed by atoms with Crippen LogP contribution in [0.25, 0.3) is 6.08 Å². The summed E-state index contributed by atoms with van der Waals surface area (Å²) in [5.74, 6) is -2.40. The lowest BCUT2D eigenvalue weighted by atomic mass is 10.1. The van der Waals surface area contributed by atoms with Gasteiger partial charge in [-0.25, -0.2) is 14.6 Å². The molecule has 3 N–H and O–H groups in total. The zero-order chi connectivity index (χ0) is 18.7. The maximum atomic E-state index is 12.1. The summed E-state index contributed by atoms with van der Waals surface area (Å²) in [7, 11) is 0. The van der Waals surface area contributed by atoms with E-state index in [1.165, 1.54) is 24.3 Å². The van der Waals surface area contributed by atoms with E-state index < -0.39 is 11.9 Å². The van der Waals surface area contributed by atoms with E-state index in [0.717, 1.165) is 11.8 Å². The van der Waals surface area contributed by atoms with E-state index in [-0.39, 0.29) is 17.0 Å². The van der Waals surface area contributed by atoms with Crippen molar-refractivity contribution in [1.29, 1.82) is 0 Å². The predicted molar refractivity (Wildman–Crippen MR) is 97.6 cm³/mol. The van der Waals surface area contributed by atoms with Gasteiger partial charge in [0.2, 0.25) is 0 Å². The summed E-state index contributed by atoms with van der Waals surface area (Å²) in [6.45, 7) is 0. The number of carbonyl (C=O) groups excluding carboxylic acids is 1. The Labute approximate surface area is 152 Å². The van der Waals surface area contributed by atoms with E-state index in [1.807, 2.05) is 0 Å². The van der Waals surface area contributed by atoms with Gasteiger partial charge in [-0.3, -0.25) is 4.79 Å². The van der Waals surface area contributed by atoms with E-state index in [1.54, 1.807) is 30.3 Å². The summed E-state index contributed by atoms with van der Waals surface area (Å²) in [5, 5.41) is 20.9. The standard InChI is InChI=1S/C18H12N2O5S/c21-15-14(8-10-4-6-11(7-5-10)16(22)23)26-18(20-15)19-13-3-1-2-12(9-13)17(24)25/h1-9H,(H,22,23)(H,24,25)(H,19,20,21)/b14-8-. The Bertz CT molecular complexity index is 964. The molecule has 1 aliphatic rings. The number of rotatable bonds is 4. The van der Waals surface area contributed by atoms with Crippen molar-refractivity contribution in [2.24, 2.45) is 4.99 Å². The second-order valence-corrected chi connectivity index (χ2v) is 6.30. The molecule has 2 aromatic carbocycles. The van der Waals surface area contributed by atoms with Crippen LogP contribution in [0, 0.1) is 0 Å². The molecule has 1 heterocycles. The highest BCUT2D eigenvalue weighted by atomic mass is 32.2. The number of hydrogen-bond donors (Lipinski definition) is 3. The van der Waals surface area contributed by atoms with Gasteiger partial charge in [-0.1, -0.05) is 18.2 Å². The number of amidine groups is 1. The van der Waals surface area contributed by atoms with E-state index in [0.29, 0.717) is 21.3 Å². The second-order valence-electron chi connectivity index (χ2n) is 5.26.